The maximum Gasteiger partial charge on any atom is 0.248 e. The highest BCUT2D eigenvalue weighted by molar-refractivity contribution is 5.94. The lowest BCUT2D eigenvalue weighted by Gasteiger charge is -2.10. The molecule has 0 saturated heterocycles. The molecule has 1 aromatic rings. The number of anilines is 1. The molecule has 0 atom stereocenters. The third-order valence-corrected chi connectivity index (χ3v) is 3.82. The minimum atomic E-state index is -0.416. The van der Waals surface area contributed by atoms with Crippen LogP contribution in [0.25, 0.3) is 0 Å². The number of primary amides is 1. The molecule has 0 unspecified atom stereocenters. The third-order valence-electron chi connectivity index (χ3n) is 3.82. The number of carbonyl (C=O) groups is 1. The van der Waals surface area contributed by atoms with Gasteiger partial charge in [0.25, 0.3) is 0 Å². The van der Waals surface area contributed by atoms with E-state index in [1.807, 2.05) is 19.1 Å². The summed E-state index contributed by atoms with van der Waals surface area (Å²) in [5, 5.41) is 3.24. The lowest BCUT2D eigenvalue weighted by Crippen LogP contribution is -2.16. The van der Waals surface area contributed by atoms with Crippen molar-refractivity contribution in [1.82, 2.24) is 0 Å². The number of benzene rings is 1. The fraction of sp³-hybridized carbons (Fsp3) is 0.650. The summed E-state index contributed by atoms with van der Waals surface area (Å²) in [6.07, 6.45) is 0. The first-order chi connectivity index (χ1) is 14.1. The molecule has 5 N–H and O–H groups in total. The van der Waals surface area contributed by atoms with E-state index in [1.165, 1.54) is 0 Å². The first-order valence-electron chi connectivity index (χ1n) is 9.88. The van der Waals surface area contributed by atoms with Crippen LogP contribution < -0.4 is 16.8 Å². The summed E-state index contributed by atoms with van der Waals surface area (Å²) >= 11 is 0. The van der Waals surface area contributed by atoms with Crippen LogP contribution in [0.1, 0.15) is 15.9 Å². The van der Waals surface area contributed by atoms with Crippen molar-refractivity contribution in [2.75, 3.05) is 84.5 Å². The van der Waals surface area contributed by atoms with Crippen LogP contribution in [0.15, 0.2) is 18.2 Å². The second-order valence-corrected chi connectivity index (χ2v) is 6.17. The molecule has 0 saturated carbocycles. The average Bonchev–Trinajstić information content (AvgIpc) is 2.70. The van der Waals surface area contributed by atoms with Gasteiger partial charge in [0.1, 0.15) is 0 Å². The van der Waals surface area contributed by atoms with E-state index in [9.17, 15) is 4.79 Å². The number of amides is 1. The Bertz CT molecular complexity index is 559. The summed E-state index contributed by atoms with van der Waals surface area (Å²) in [6.45, 7) is 8.41. The van der Waals surface area contributed by atoms with E-state index in [4.69, 9.17) is 35.2 Å². The first-order valence-corrected chi connectivity index (χ1v) is 9.88. The topological polar surface area (TPSA) is 127 Å². The maximum absolute atomic E-state index is 11.2. The van der Waals surface area contributed by atoms with Crippen LogP contribution in [-0.2, 0) is 23.7 Å². The quantitative estimate of drug-likeness (QED) is 0.281. The molecule has 0 heterocycles. The molecule has 0 spiro atoms. The Balaban J connectivity index is 1.85. The van der Waals surface area contributed by atoms with Gasteiger partial charge >= 0.3 is 0 Å². The number of aryl methyl sites for hydroxylation is 1. The number of hydrogen-bond donors (Lipinski definition) is 3. The van der Waals surface area contributed by atoms with Crippen molar-refractivity contribution in [3.63, 3.8) is 0 Å². The number of nitrogens with two attached hydrogens (primary N) is 2. The van der Waals surface area contributed by atoms with Crippen LogP contribution in [0.4, 0.5) is 5.69 Å². The van der Waals surface area contributed by atoms with Gasteiger partial charge in [0, 0.05) is 24.3 Å². The average molecular weight is 414 g/mol. The van der Waals surface area contributed by atoms with Crippen molar-refractivity contribution < 1.29 is 28.5 Å². The zero-order valence-electron chi connectivity index (χ0n) is 17.3. The molecule has 29 heavy (non-hydrogen) atoms. The maximum atomic E-state index is 11.2. The zero-order chi connectivity index (χ0) is 21.2. The van der Waals surface area contributed by atoms with Crippen molar-refractivity contribution in [2.45, 2.75) is 6.92 Å². The van der Waals surface area contributed by atoms with E-state index < -0.39 is 5.91 Å². The standard InChI is InChI=1S/C20H35N3O6/c1-17-16-18(2-3-19(17)20(22)24)23-5-7-26-9-11-28-13-15-29-14-12-27-10-8-25-6-4-21/h2-3,16,23H,4-15,21H2,1H3,(H2,22,24). The minimum absolute atomic E-state index is 0.416. The number of ether oxygens (including phenoxy) is 5. The molecule has 0 aliphatic rings. The van der Waals surface area contributed by atoms with Gasteiger partial charge in [-0.25, -0.2) is 0 Å². The van der Waals surface area contributed by atoms with E-state index in [0.29, 0.717) is 84.7 Å². The summed E-state index contributed by atoms with van der Waals surface area (Å²) in [7, 11) is 0. The highest BCUT2D eigenvalue weighted by Gasteiger charge is 2.04. The SMILES string of the molecule is Cc1cc(NCCOCCOCCOCCOCCOCCN)ccc1C(N)=O. The largest absolute Gasteiger partial charge is 0.383 e. The molecule has 0 aromatic heterocycles. The summed E-state index contributed by atoms with van der Waals surface area (Å²) in [4.78, 5) is 11.2. The summed E-state index contributed by atoms with van der Waals surface area (Å²) in [6, 6.07) is 5.45. The fourth-order valence-corrected chi connectivity index (χ4v) is 2.38. The van der Waals surface area contributed by atoms with Gasteiger partial charge < -0.3 is 40.5 Å². The van der Waals surface area contributed by atoms with Gasteiger partial charge in [-0.3, -0.25) is 4.79 Å². The van der Waals surface area contributed by atoms with Crippen molar-refractivity contribution in [3.05, 3.63) is 29.3 Å². The van der Waals surface area contributed by atoms with Crippen LogP contribution in [0.5, 0.6) is 0 Å². The molecule has 1 aromatic carbocycles. The molecular formula is C20H35N3O6. The Labute approximate surface area is 172 Å². The van der Waals surface area contributed by atoms with E-state index in [0.717, 1.165) is 11.3 Å². The molecule has 1 rings (SSSR count). The Morgan fingerprint density at radius 1 is 0.828 bits per heavy atom. The second-order valence-electron chi connectivity index (χ2n) is 6.17. The van der Waals surface area contributed by atoms with Gasteiger partial charge in [0.05, 0.1) is 66.1 Å². The molecule has 166 valence electrons. The number of carbonyl (C=O) groups excluding carboxylic acids is 1. The van der Waals surface area contributed by atoms with Crippen LogP contribution in [0.2, 0.25) is 0 Å². The fourth-order valence-electron chi connectivity index (χ4n) is 2.38. The van der Waals surface area contributed by atoms with Gasteiger partial charge in [-0.1, -0.05) is 0 Å². The van der Waals surface area contributed by atoms with Gasteiger partial charge in [0.15, 0.2) is 0 Å². The van der Waals surface area contributed by atoms with Crippen LogP contribution in [0, 0.1) is 6.92 Å². The van der Waals surface area contributed by atoms with Crippen molar-refractivity contribution in [1.29, 1.82) is 0 Å². The zero-order valence-corrected chi connectivity index (χ0v) is 17.3. The third kappa shape index (κ3) is 13.2. The Morgan fingerprint density at radius 2 is 1.31 bits per heavy atom. The summed E-state index contributed by atoms with van der Waals surface area (Å²) < 4.78 is 26.9. The Hall–Kier alpha value is -1.75. The molecule has 0 aliphatic carbocycles. The van der Waals surface area contributed by atoms with Gasteiger partial charge in [0.2, 0.25) is 5.91 Å². The van der Waals surface area contributed by atoms with Crippen LogP contribution in [0.3, 0.4) is 0 Å². The molecule has 9 heteroatoms. The van der Waals surface area contributed by atoms with Gasteiger partial charge in [-0.2, -0.15) is 0 Å². The van der Waals surface area contributed by atoms with Gasteiger partial charge in [-0.15, -0.1) is 0 Å². The Kier molecular flexibility index (Phi) is 14.9. The molecule has 9 nitrogen and oxygen atoms in total. The van der Waals surface area contributed by atoms with Crippen molar-refractivity contribution >= 4 is 11.6 Å². The molecule has 0 radical (unpaired) electrons. The van der Waals surface area contributed by atoms with Crippen molar-refractivity contribution in [2.24, 2.45) is 11.5 Å². The smallest absolute Gasteiger partial charge is 0.248 e. The number of hydrogen-bond acceptors (Lipinski definition) is 8. The highest BCUT2D eigenvalue weighted by Crippen LogP contribution is 2.14. The van der Waals surface area contributed by atoms with E-state index in [-0.39, 0.29) is 0 Å². The van der Waals surface area contributed by atoms with E-state index >= 15 is 0 Å². The summed E-state index contributed by atoms with van der Waals surface area (Å²) in [5.41, 5.74) is 12.9. The second kappa shape index (κ2) is 17.1. The Morgan fingerprint density at radius 3 is 1.76 bits per heavy atom. The minimum Gasteiger partial charge on any atom is -0.383 e. The molecular weight excluding hydrogens is 378 g/mol. The monoisotopic (exact) mass is 413 g/mol. The molecule has 0 bridgehead atoms. The van der Waals surface area contributed by atoms with Crippen LogP contribution in [-0.4, -0.2) is 85.1 Å². The molecule has 0 aliphatic heterocycles. The van der Waals surface area contributed by atoms with Crippen LogP contribution >= 0.6 is 0 Å². The lowest BCUT2D eigenvalue weighted by molar-refractivity contribution is -0.00985. The van der Waals surface area contributed by atoms with Crippen molar-refractivity contribution in [3.8, 4) is 0 Å². The molecule has 1 amide bonds. The highest BCUT2D eigenvalue weighted by atomic mass is 16.6. The predicted molar refractivity (Wildman–Crippen MR) is 111 cm³/mol. The summed E-state index contributed by atoms with van der Waals surface area (Å²) in [5.74, 6) is -0.416. The van der Waals surface area contributed by atoms with Gasteiger partial charge in [-0.05, 0) is 30.7 Å². The number of rotatable bonds is 19. The lowest BCUT2D eigenvalue weighted by atomic mass is 10.1. The normalized spacial score (nSPS) is 11.0. The van der Waals surface area contributed by atoms with E-state index in [2.05, 4.69) is 5.32 Å². The molecule has 0 fully saturated rings. The van der Waals surface area contributed by atoms with E-state index in [1.54, 1.807) is 6.07 Å². The predicted octanol–water partition coefficient (Wildman–Crippen LogP) is 0.548. The first kappa shape index (κ1) is 25.3. The number of nitrogens with one attached hydrogen (secondary N) is 1.